The summed E-state index contributed by atoms with van der Waals surface area (Å²) in [6, 6.07) is 9.71. The molecule has 0 aliphatic rings. The van der Waals surface area contributed by atoms with Crippen LogP contribution < -0.4 is 9.62 Å². The number of aryl methyl sites for hydroxylation is 1. The van der Waals surface area contributed by atoms with E-state index in [2.05, 4.69) is 25.4 Å². The summed E-state index contributed by atoms with van der Waals surface area (Å²) < 4.78 is 31.1. The number of hydrogen-bond acceptors (Lipinski definition) is 5. The Balaban J connectivity index is 1.88. The first-order valence-corrected chi connectivity index (χ1v) is 8.83. The van der Waals surface area contributed by atoms with Crippen LogP contribution in [-0.4, -0.2) is 33.2 Å². The van der Waals surface area contributed by atoms with Gasteiger partial charge in [0.25, 0.3) is 0 Å². The average molecular weight is 323 g/mol. The van der Waals surface area contributed by atoms with Crippen molar-refractivity contribution in [3.63, 3.8) is 0 Å². The molecule has 2 aromatic rings. The van der Waals surface area contributed by atoms with Crippen molar-refractivity contribution in [3.8, 4) is 0 Å². The predicted octanol–water partition coefficient (Wildman–Crippen LogP) is 1.93. The zero-order valence-electron chi connectivity index (χ0n) is 12.8. The summed E-state index contributed by atoms with van der Waals surface area (Å²) >= 11 is 0. The number of nitrogens with one attached hydrogen (secondary N) is 1. The van der Waals surface area contributed by atoms with Gasteiger partial charge in [0.05, 0.1) is 5.69 Å². The van der Waals surface area contributed by atoms with E-state index in [1.165, 1.54) is 11.8 Å². The van der Waals surface area contributed by atoms with Crippen LogP contribution in [0, 0.1) is 6.92 Å². The van der Waals surface area contributed by atoms with Crippen molar-refractivity contribution >= 4 is 15.7 Å². The summed E-state index contributed by atoms with van der Waals surface area (Å²) in [7, 11) is -3.40. The lowest BCUT2D eigenvalue weighted by molar-refractivity contribution is 0.413. The largest absolute Gasteiger partial charge is 0.370 e. The van der Waals surface area contributed by atoms with Crippen LogP contribution in [-0.2, 0) is 15.8 Å². The second-order valence-corrected chi connectivity index (χ2v) is 6.87. The highest BCUT2D eigenvalue weighted by atomic mass is 32.2. The number of hydrogen-bond donors (Lipinski definition) is 1. The first kappa shape index (κ1) is 16.5. The first-order chi connectivity index (χ1) is 10.5. The van der Waals surface area contributed by atoms with Gasteiger partial charge in [-0.1, -0.05) is 17.3 Å². The number of rotatable bonds is 8. The molecule has 0 fully saturated rings. The van der Waals surface area contributed by atoms with Crippen LogP contribution in [0.1, 0.15) is 18.2 Å². The van der Waals surface area contributed by atoms with Gasteiger partial charge in [-0.05, 0) is 31.5 Å². The fraction of sp³-hybridized carbons (Fsp3) is 0.400. The summed E-state index contributed by atoms with van der Waals surface area (Å²) in [5.74, 6) is -0.167. The molecule has 7 heteroatoms. The van der Waals surface area contributed by atoms with E-state index in [4.69, 9.17) is 0 Å². The Hall–Kier alpha value is -1.86. The van der Waals surface area contributed by atoms with Gasteiger partial charge in [-0.2, -0.15) is 0 Å². The Morgan fingerprint density at radius 2 is 2.14 bits per heavy atom. The van der Waals surface area contributed by atoms with Gasteiger partial charge in [0.1, 0.15) is 12.0 Å². The molecule has 0 amide bonds. The van der Waals surface area contributed by atoms with Gasteiger partial charge in [-0.15, -0.1) is 0 Å². The standard InChI is InChI=1S/C15H21N3O3S/c1-3-18(15-6-4-5-13(2)11-15)9-8-16-22(19,20)12-14-7-10-21-17-14/h4-7,10-11,16H,3,8-9,12H2,1-2H3. The van der Waals surface area contributed by atoms with E-state index in [1.807, 2.05) is 32.0 Å². The van der Waals surface area contributed by atoms with Crippen LogP contribution in [0.5, 0.6) is 0 Å². The van der Waals surface area contributed by atoms with Crippen molar-refractivity contribution in [1.82, 2.24) is 9.88 Å². The molecule has 0 bridgehead atoms. The van der Waals surface area contributed by atoms with Crippen molar-refractivity contribution in [1.29, 1.82) is 0 Å². The van der Waals surface area contributed by atoms with Crippen molar-refractivity contribution in [2.45, 2.75) is 19.6 Å². The van der Waals surface area contributed by atoms with Crippen LogP contribution in [0.4, 0.5) is 5.69 Å². The first-order valence-electron chi connectivity index (χ1n) is 7.18. The Labute approximate surface area is 131 Å². The zero-order valence-corrected chi connectivity index (χ0v) is 13.6. The maximum atomic E-state index is 11.9. The van der Waals surface area contributed by atoms with Crippen molar-refractivity contribution in [2.75, 3.05) is 24.5 Å². The normalized spacial score (nSPS) is 11.5. The minimum atomic E-state index is -3.40. The summed E-state index contributed by atoms with van der Waals surface area (Å²) in [6.45, 7) is 5.86. The molecule has 0 radical (unpaired) electrons. The monoisotopic (exact) mass is 323 g/mol. The van der Waals surface area contributed by atoms with Crippen LogP contribution in [0.3, 0.4) is 0 Å². The smallest absolute Gasteiger partial charge is 0.217 e. The zero-order chi connectivity index (χ0) is 16.0. The third-order valence-corrected chi connectivity index (χ3v) is 4.60. The van der Waals surface area contributed by atoms with Gasteiger partial charge < -0.3 is 9.42 Å². The minimum absolute atomic E-state index is 0.167. The lowest BCUT2D eigenvalue weighted by Crippen LogP contribution is -2.35. The van der Waals surface area contributed by atoms with Crippen molar-refractivity contribution < 1.29 is 12.9 Å². The third kappa shape index (κ3) is 4.85. The molecule has 0 unspecified atom stereocenters. The summed E-state index contributed by atoms with van der Waals surface area (Å²) in [4.78, 5) is 2.13. The Kier molecular flexibility index (Phi) is 5.57. The highest BCUT2D eigenvalue weighted by molar-refractivity contribution is 7.88. The molecule has 120 valence electrons. The van der Waals surface area contributed by atoms with E-state index < -0.39 is 10.0 Å². The number of aromatic nitrogens is 1. The maximum absolute atomic E-state index is 11.9. The fourth-order valence-corrected chi connectivity index (χ4v) is 3.23. The highest BCUT2D eigenvalue weighted by Gasteiger charge is 2.14. The van der Waals surface area contributed by atoms with Gasteiger partial charge >= 0.3 is 0 Å². The van der Waals surface area contributed by atoms with Crippen molar-refractivity contribution in [2.24, 2.45) is 0 Å². The minimum Gasteiger partial charge on any atom is -0.370 e. The second-order valence-electron chi connectivity index (χ2n) is 5.06. The van der Waals surface area contributed by atoms with E-state index in [9.17, 15) is 8.42 Å². The van der Waals surface area contributed by atoms with E-state index in [-0.39, 0.29) is 5.75 Å². The molecule has 0 atom stereocenters. The molecule has 0 aliphatic carbocycles. The van der Waals surface area contributed by atoms with Crippen LogP contribution in [0.2, 0.25) is 0 Å². The van der Waals surface area contributed by atoms with Gasteiger partial charge in [0.2, 0.25) is 10.0 Å². The third-order valence-electron chi connectivity index (χ3n) is 3.28. The molecule has 0 saturated carbocycles. The van der Waals surface area contributed by atoms with Gasteiger partial charge in [0, 0.05) is 31.4 Å². The SMILES string of the molecule is CCN(CCNS(=O)(=O)Cc1ccon1)c1cccc(C)c1. The van der Waals surface area contributed by atoms with Crippen LogP contribution >= 0.6 is 0 Å². The maximum Gasteiger partial charge on any atom is 0.217 e. The number of sulfonamides is 1. The van der Waals surface area contributed by atoms with Crippen LogP contribution in [0.15, 0.2) is 41.1 Å². The number of benzene rings is 1. The molecule has 22 heavy (non-hydrogen) atoms. The lowest BCUT2D eigenvalue weighted by Gasteiger charge is -2.23. The Bertz CT molecular complexity index is 684. The highest BCUT2D eigenvalue weighted by Crippen LogP contribution is 2.15. The molecule has 0 saturated heterocycles. The van der Waals surface area contributed by atoms with Gasteiger partial charge in [-0.25, -0.2) is 13.1 Å². The van der Waals surface area contributed by atoms with Gasteiger partial charge in [-0.3, -0.25) is 0 Å². The molecule has 6 nitrogen and oxygen atoms in total. The summed E-state index contributed by atoms with van der Waals surface area (Å²) in [5, 5.41) is 3.61. The van der Waals surface area contributed by atoms with E-state index in [1.54, 1.807) is 6.07 Å². The number of anilines is 1. The van der Waals surface area contributed by atoms with E-state index in [0.29, 0.717) is 18.8 Å². The molecular formula is C15H21N3O3S. The van der Waals surface area contributed by atoms with Gasteiger partial charge in [0.15, 0.2) is 0 Å². The lowest BCUT2D eigenvalue weighted by atomic mass is 10.2. The molecule has 0 aliphatic heterocycles. The quantitative estimate of drug-likeness (QED) is 0.803. The molecule has 1 N–H and O–H groups in total. The topological polar surface area (TPSA) is 75.4 Å². The van der Waals surface area contributed by atoms with Crippen LogP contribution in [0.25, 0.3) is 0 Å². The molecule has 1 aromatic heterocycles. The van der Waals surface area contributed by atoms with E-state index in [0.717, 1.165) is 12.2 Å². The number of nitrogens with zero attached hydrogens (tertiary/aromatic N) is 2. The molecule has 1 heterocycles. The Morgan fingerprint density at radius 1 is 1.32 bits per heavy atom. The van der Waals surface area contributed by atoms with E-state index >= 15 is 0 Å². The molecule has 2 rings (SSSR count). The average Bonchev–Trinajstić information content (AvgIpc) is 2.95. The molecule has 0 spiro atoms. The second kappa shape index (κ2) is 7.42. The number of likely N-dealkylation sites (N-methyl/N-ethyl adjacent to an activating group) is 1. The van der Waals surface area contributed by atoms with Crippen molar-refractivity contribution in [3.05, 3.63) is 47.9 Å². The molecule has 1 aromatic carbocycles. The summed E-state index contributed by atoms with van der Waals surface area (Å²) in [6.07, 6.45) is 1.36. The predicted molar refractivity (Wildman–Crippen MR) is 86.2 cm³/mol. The summed E-state index contributed by atoms with van der Waals surface area (Å²) in [5.41, 5.74) is 2.68. The fourth-order valence-electron chi connectivity index (χ4n) is 2.19. The molecular weight excluding hydrogens is 302 g/mol. The Morgan fingerprint density at radius 3 is 2.77 bits per heavy atom.